The number of amides is 1. The van der Waals surface area contributed by atoms with Crippen molar-refractivity contribution in [2.75, 3.05) is 31.6 Å². The predicted octanol–water partition coefficient (Wildman–Crippen LogP) is 1.55. The molecule has 2 heterocycles. The molecular weight excluding hydrogens is 308 g/mol. The van der Waals surface area contributed by atoms with E-state index in [4.69, 9.17) is 4.74 Å². The zero-order valence-electron chi connectivity index (χ0n) is 13.7. The van der Waals surface area contributed by atoms with Crippen LogP contribution in [-0.4, -0.2) is 59.8 Å². The molecule has 0 aliphatic carbocycles. The third-order valence-electron chi connectivity index (χ3n) is 4.27. The zero-order chi connectivity index (χ0) is 17.1. The van der Waals surface area contributed by atoms with E-state index in [0.29, 0.717) is 17.8 Å². The predicted molar refractivity (Wildman–Crippen MR) is 89.1 cm³/mol. The molecule has 1 aromatic carbocycles. The molecule has 0 saturated carbocycles. The van der Waals surface area contributed by atoms with Gasteiger partial charge in [0.15, 0.2) is 0 Å². The lowest BCUT2D eigenvalue weighted by molar-refractivity contribution is 0.0599. The number of aromatic amines is 1. The second-order valence-corrected chi connectivity index (χ2v) is 5.80. The van der Waals surface area contributed by atoms with Crippen LogP contribution in [0.5, 0.6) is 0 Å². The summed E-state index contributed by atoms with van der Waals surface area (Å²) in [5.74, 6) is -0.370. The van der Waals surface area contributed by atoms with Crippen molar-refractivity contribution in [3.63, 3.8) is 0 Å². The summed E-state index contributed by atoms with van der Waals surface area (Å²) >= 11 is 0. The number of rotatable bonds is 3. The largest absolute Gasteiger partial charge is 0.465 e. The molecule has 1 saturated heterocycles. The number of nitrogens with zero attached hydrogens (tertiary/aromatic N) is 3. The summed E-state index contributed by atoms with van der Waals surface area (Å²) in [5, 5.41) is 6.56. The number of hydrogen-bond acceptors (Lipinski definition) is 5. The quantitative estimate of drug-likeness (QED) is 0.865. The molecule has 0 spiro atoms. The molecule has 1 aliphatic rings. The Morgan fingerprint density at radius 2 is 1.96 bits per heavy atom. The molecule has 1 amide bonds. The van der Waals surface area contributed by atoms with Gasteiger partial charge < -0.3 is 14.5 Å². The Kier molecular flexibility index (Phi) is 4.50. The molecule has 3 rings (SSSR count). The molecule has 126 valence electrons. The van der Waals surface area contributed by atoms with Crippen LogP contribution < -0.4 is 4.90 Å². The van der Waals surface area contributed by atoms with Crippen molar-refractivity contribution >= 4 is 17.6 Å². The Morgan fingerprint density at radius 3 is 2.54 bits per heavy atom. The molecule has 1 aliphatic heterocycles. The van der Waals surface area contributed by atoms with E-state index in [1.165, 1.54) is 7.11 Å². The molecule has 1 atom stereocenters. The summed E-state index contributed by atoms with van der Waals surface area (Å²) < 4.78 is 4.71. The van der Waals surface area contributed by atoms with Crippen LogP contribution in [0.15, 0.2) is 36.5 Å². The van der Waals surface area contributed by atoms with E-state index in [0.717, 1.165) is 18.8 Å². The first kappa shape index (κ1) is 16.0. The summed E-state index contributed by atoms with van der Waals surface area (Å²) in [6, 6.07) is 9.10. The minimum atomic E-state index is -0.343. The van der Waals surface area contributed by atoms with Crippen molar-refractivity contribution in [2.45, 2.75) is 13.0 Å². The van der Waals surface area contributed by atoms with Gasteiger partial charge in [0.2, 0.25) is 0 Å². The molecule has 7 nitrogen and oxygen atoms in total. The van der Waals surface area contributed by atoms with Crippen molar-refractivity contribution < 1.29 is 14.3 Å². The first-order valence-corrected chi connectivity index (χ1v) is 7.84. The lowest BCUT2D eigenvalue weighted by atomic mass is 10.1. The van der Waals surface area contributed by atoms with Gasteiger partial charge in [0.25, 0.3) is 5.91 Å². The maximum absolute atomic E-state index is 12.5. The first-order chi connectivity index (χ1) is 11.6. The van der Waals surface area contributed by atoms with E-state index in [-0.39, 0.29) is 17.9 Å². The van der Waals surface area contributed by atoms with Gasteiger partial charge in [0.05, 0.1) is 12.7 Å². The fraction of sp³-hybridized carbons (Fsp3) is 0.353. The number of anilines is 1. The molecule has 0 bridgehead atoms. The van der Waals surface area contributed by atoms with Crippen LogP contribution in [0.2, 0.25) is 0 Å². The number of nitrogens with one attached hydrogen (secondary N) is 1. The van der Waals surface area contributed by atoms with E-state index in [1.807, 2.05) is 24.0 Å². The lowest BCUT2D eigenvalue weighted by Crippen LogP contribution is -2.54. The number of piperazine rings is 1. The highest BCUT2D eigenvalue weighted by atomic mass is 16.5. The SMILES string of the molecule is COC(=O)c1ccc(N2CCN(C(=O)c3ccn[nH]3)C(C)C2)cc1. The monoisotopic (exact) mass is 328 g/mol. The molecule has 7 heteroatoms. The summed E-state index contributed by atoms with van der Waals surface area (Å²) in [5.41, 5.74) is 2.07. The van der Waals surface area contributed by atoms with Gasteiger partial charge in [-0.15, -0.1) is 0 Å². The van der Waals surface area contributed by atoms with Gasteiger partial charge in [-0.25, -0.2) is 4.79 Å². The fourth-order valence-corrected chi connectivity index (χ4v) is 2.95. The Hall–Kier alpha value is -2.83. The Morgan fingerprint density at radius 1 is 1.21 bits per heavy atom. The number of carbonyl (C=O) groups is 2. The van der Waals surface area contributed by atoms with Crippen molar-refractivity contribution in [3.05, 3.63) is 47.8 Å². The van der Waals surface area contributed by atoms with Crippen LogP contribution in [0.3, 0.4) is 0 Å². The van der Waals surface area contributed by atoms with E-state index in [2.05, 4.69) is 15.1 Å². The summed E-state index contributed by atoms with van der Waals surface area (Å²) in [4.78, 5) is 28.0. The van der Waals surface area contributed by atoms with E-state index >= 15 is 0 Å². The third-order valence-corrected chi connectivity index (χ3v) is 4.27. The van der Waals surface area contributed by atoms with Crippen LogP contribution in [0, 0.1) is 0 Å². The van der Waals surface area contributed by atoms with Crippen LogP contribution in [0.4, 0.5) is 5.69 Å². The zero-order valence-corrected chi connectivity index (χ0v) is 13.7. The normalized spacial score (nSPS) is 17.7. The number of carbonyl (C=O) groups excluding carboxylic acids is 2. The highest BCUT2D eigenvalue weighted by Gasteiger charge is 2.28. The number of aromatic nitrogens is 2. The Balaban J connectivity index is 1.67. The lowest BCUT2D eigenvalue weighted by Gasteiger charge is -2.40. The number of hydrogen-bond donors (Lipinski definition) is 1. The van der Waals surface area contributed by atoms with Gasteiger partial charge in [-0.3, -0.25) is 9.89 Å². The summed E-state index contributed by atoms with van der Waals surface area (Å²) in [7, 11) is 1.37. The molecule has 1 unspecified atom stereocenters. The number of benzene rings is 1. The standard InChI is InChI=1S/C17H20N4O3/c1-12-11-20(14-5-3-13(4-6-14)17(23)24-2)9-10-21(12)16(22)15-7-8-18-19-15/h3-8,12H,9-11H2,1-2H3,(H,18,19). The summed E-state index contributed by atoms with van der Waals surface area (Å²) in [6.45, 7) is 4.14. The number of methoxy groups -OCH3 is 1. The minimum Gasteiger partial charge on any atom is -0.465 e. The molecule has 1 aromatic heterocycles. The molecule has 2 aromatic rings. The van der Waals surface area contributed by atoms with Crippen molar-refractivity contribution in [3.8, 4) is 0 Å². The molecule has 0 radical (unpaired) electrons. The van der Waals surface area contributed by atoms with Crippen LogP contribution in [-0.2, 0) is 4.74 Å². The minimum absolute atomic E-state index is 0.0271. The van der Waals surface area contributed by atoms with Gasteiger partial charge in [0.1, 0.15) is 5.69 Å². The Bertz CT molecular complexity index is 712. The third kappa shape index (κ3) is 3.10. The molecule has 1 fully saturated rings. The molecule has 1 N–H and O–H groups in total. The van der Waals surface area contributed by atoms with Crippen molar-refractivity contribution in [1.82, 2.24) is 15.1 Å². The number of esters is 1. The van der Waals surface area contributed by atoms with Crippen molar-refractivity contribution in [1.29, 1.82) is 0 Å². The van der Waals surface area contributed by atoms with E-state index in [9.17, 15) is 9.59 Å². The van der Waals surface area contributed by atoms with Crippen molar-refractivity contribution in [2.24, 2.45) is 0 Å². The average Bonchev–Trinajstić information content (AvgIpc) is 3.15. The number of ether oxygens (including phenoxy) is 1. The van der Waals surface area contributed by atoms with Crippen LogP contribution in [0.1, 0.15) is 27.8 Å². The fourth-order valence-electron chi connectivity index (χ4n) is 2.95. The first-order valence-electron chi connectivity index (χ1n) is 7.84. The van der Waals surface area contributed by atoms with Crippen LogP contribution >= 0.6 is 0 Å². The molecular formula is C17H20N4O3. The highest BCUT2D eigenvalue weighted by Crippen LogP contribution is 2.21. The average molecular weight is 328 g/mol. The molecule has 24 heavy (non-hydrogen) atoms. The number of H-pyrrole nitrogens is 1. The second-order valence-electron chi connectivity index (χ2n) is 5.80. The summed E-state index contributed by atoms with van der Waals surface area (Å²) in [6.07, 6.45) is 1.58. The maximum Gasteiger partial charge on any atom is 0.337 e. The highest BCUT2D eigenvalue weighted by molar-refractivity contribution is 5.92. The van der Waals surface area contributed by atoms with Gasteiger partial charge in [-0.1, -0.05) is 0 Å². The van der Waals surface area contributed by atoms with E-state index < -0.39 is 0 Å². The van der Waals surface area contributed by atoms with Gasteiger partial charge in [-0.05, 0) is 37.3 Å². The maximum atomic E-state index is 12.5. The Labute approximate surface area is 140 Å². The topological polar surface area (TPSA) is 78.5 Å². The van der Waals surface area contributed by atoms with Gasteiger partial charge in [0, 0.05) is 37.6 Å². The van der Waals surface area contributed by atoms with Gasteiger partial charge in [-0.2, -0.15) is 5.10 Å². The van der Waals surface area contributed by atoms with Gasteiger partial charge >= 0.3 is 5.97 Å². The van der Waals surface area contributed by atoms with E-state index in [1.54, 1.807) is 24.4 Å². The van der Waals surface area contributed by atoms with Crippen LogP contribution in [0.25, 0.3) is 0 Å². The second kappa shape index (κ2) is 6.74. The smallest absolute Gasteiger partial charge is 0.337 e.